The summed E-state index contributed by atoms with van der Waals surface area (Å²) >= 11 is 0. The molecule has 1 N–H and O–H groups in total. The highest BCUT2D eigenvalue weighted by Gasteiger charge is 2.32. The molecule has 1 saturated heterocycles. The van der Waals surface area contributed by atoms with Gasteiger partial charge in [-0.15, -0.1) is 0 Å². The van der Waals surface area contributed by atoms with Crippen LogP contribution in [0.2, 0.25) is 0 Å². The van der Waals surface area contributed by atoms with Crippen molar-refractivity contribution in [3.63, 3.8) is 0 Å². The van der Waals surface area contributed by atoms with Gasteiger partial charge in [0.15, 0.2) is 5.82 Å². The van der Waals surface area contributed by atoms with Gasteiger partial charge in [-0.2, -0.15) is 18.3 Å². The standard InChI is InChI=1S/C20H17F3N4O/c21-20(22,23)17-7-5-13(6-8-17)16-9-10-27(11-16)19(28)15-3-1-14(2-4-15)18-24-12-25-26-18/h1-8,12,16H,9-11H2,(H,24,25,26). The predicted molar refractivity (Wildman–Crippen MR) is 96.5 cm³/mol. The van der Waals surface area contributed by atoms with Gasteiger partial charge in [-0.1, -0.05) is 24.3 Å². The summed E-state index contributed by atoms with van der Waals surface area (Å²) in [5.41, 5.74) is 1.56. The minimum absolute atomic E-state index is 0.0414. The number of alkyl halides is 3. The Bertz CT molecular complexity index is 951. The van der Waals surface area contributed by atoms with Gasteiger partial charge < -0.3 is 4.90 Å². The highest BCUT2D eigenvalue weighted by molar-refractivity contribution is 5.94. The minimum Gasteiger partial charge on any atom is -0.338 e. The topological polar surface area (TPSA) is 61.9 Å². The predicted octanol–water partition coefficient (Wildman–Crippen LogP) is 4.12. The van der Waals surface area contributed by atoms with Crippen LogP contribution in [-0.2, 0) is 6.18 Å². The fourth-order valence-corrected chi connectivity index (χ4v) is 3.46. The number of hydrogen-bond donors (Lipinski definition) is 1. The van der Waals surface area contributed by atoms with E-state index >= 15 is 0 Å². The van der Waals surface area contributed by atoms with Gasteiger partial charge in [0.1, 0.15) is 6.33 Å². The van der Waals surface area contributed by atoms with Gasteiger partial charge in [0.05, 0.1) is 5.56 Å². The van der Waals surface area contributed by atoms with Gasteiger partial charge in [0.25, 0.3) is 5.91 Å². The number of aromatic amines is 1. The van der Waals surface area contributed by atoms with Crippen molar-refractivity contribution in [1.29, 1.82) is 0 Å². The third-order valence-electron chi connectivity index (χ3n) is 5.01. The smallest absolute Gasteiger partial charge is 0.338 e. The molecule has 1 aromatic heterocycles. The molecule has 1 aliphatic heterocycles. The van der Waals surface area contributed by atoms with Crippen LogP contribution in [0.3, 0.4) is 0 Å². The van der Waals surface area contributed by atoms with Gasteiger partial charge in [0, 0.05) is 30.1 Å². The van der Waals surface area contributed by atoms with Crippen molar-refractivity contribution in [2.75, 3.05) is 13.1 Å². The number of halogens is 3. The molecule has 4 rings (SSSR count). The molecule has 0 bridgehead atoms. The number of carbonyl (C=O) groups is 1. The van der Waals surface area contributed by atoms with Crippen molar-refractivity contribution in [3.8, 4) is 11.4 Å². The minimum atomic E-state index is -4.34. The summed E-state index contributed by atoms with van der Waals surface area (Å²) in [5, 5.41) is 6.57. The Morgan fingerprint density at radius 1 is 1.07 bits per heavy atom. The van der Waals surface area contributed by atoms with Crippen LogP contribution >= 0.6 is 0 Å². The van der Waals surface area contributed by atoms with E-state index in [0.29, 0.717) is 24.5 Å². The number of H-pyrrole nitrogens is 1. The van der Waals surface area contributed by atoms with E-state index in [9.17, 15) is 18.0 Å². The molecule has 28 heavy (non-hydrogen) atoms. The van der Waals surface area contributed by atoms with Crippen molar-refractivity contribution >= 4 is 5.91 Å². The van der Waals surface area contributed by atoms with Crippen LogP contribution in [0.15, 0.2) is 54.9 Å². The third-order valence-corrected chi connectivity index (χ3v) is 5.01. The molecule has 0 aliphatic carbocycles. The summed E-state index contributed by atoms with van der Waals surface area (Å²) < 4.78 is 38.1. The highest BCUT2D eigenvalue weighted by atomic mass is 19.4. The van der Waals surface area contributed by atoms with Gasteiger partial charge in [-0.05, 0) is 36.2 Å². The third kappa shape index (κ3) is 3.62. The highest BCUT2D eigenvalue weighted by Crippen LogP contribution is 2.33. The van der Waals surface area contributed by atoms with E-state index in [0.717, 1.165) is 29.7 Å². The zero-order chi connectivity index (χ0) is 19.7. The van der Waals surface area contributed by atoms with Crippen molar-refractivity contribution < 1.29 is 18.0 Å². The zero-order valence-electron chi connectivity index (χ0n) is 14.8. The Balaban J connectivity index is 1.43. The van der Waals surface area contributed by atoms with E-state index in [4.69, 9.17) is 0 Å². The van der Waals surface area contributed by atoms with E-state index < -0.39 is 11.7 Å². The van der Waals surface area contributed by atoms with E-state index in [-0.39, 0.29) is 11.8 Å². The molecule has 8 heteroatoms. The van der Waals surface area contributed by atoms with Crippen LogP contribution in [0, 0.1) is 0 Å². The first-order valence-corrected chi connectivity index (χ1v) is 8.84. The molecule has 1 aliphatic rings. The molecule has 144 valence electrons. The van der Waals surface area contributed by atoms with Gasteiger partial charge in [-0.3, -0.25) is 9.89 Å². The second-order valence-electron chi connectivity index (χ2n) is 6.77. The van der Waals surface area contributed by atoms with Crippen molar-refractivity contribution in [1.82, 2.24) is 20.1 Å². The summed E-state index contributed by atoms with van der Waals surface area (Å²) in [6.45, 7) is 1.07. The van der Waals surface area contributed by atoms with Crippen LogP contribution in [0.4, 0.5) is 13.2 Å². The zero-order valence-corrected chi connectivity index (χ0v) is 14.8. The van der Waals surface area contributed by atoms with E-state index in [1.54, 1.807) is 29.2 Å². The maximum Gasteiger partial charge on any atom is 0.416 e. The van der Waals surface area contributed by atoms with E-state index in [2.05, 4.69) is 15.2 Å². The van der Waals surface area contributed by atoms with Gasteiger partial charge in [0.2, 0.25) is 0 Å². The lowest BCUT2D eigenvalue weighted by atomic mass is 9.97. The van der Waals surface area contributed by atoms with E-state index in [1.807, 2.05) is 0 Å². The molecule has 5 nitrogen and oxygen atoms in total. The molecule has 1 atom stereocenters. The summed E-state index contributed by atoms with van der Waals surface area (Å²) in [7, 11) is 0. The fraction of sp³-hybridized carbons (Fsp3) is 0.250. The molecule has 1 fully saturated rings. The molecule has 0 radical (unpaired) electrons. The summed E-state index contributed by atoms with van der Waals surface area (Å²) in [6.07, 6.45) is -2.19. The second-order valence-corrected chi connectivity index (χ2v) is 6.77. The Morgan fingerprint density at radius 3 is 2.39 bits per heavy atom. The second kappa shape index (κ2) is 7.10. The number of nitrogens with zero attached hydrogens (tertiary/aromatic N) is 3. The molecule has 2 aromatic carbocycles. The quantitative estimate of drug-likeness (QED) is 0.737. The molecule has 1 unspecified atom stereocenters. The van der Waals surface area contributed by atoms with Crippen molar-refractivity contribution in [2.24, 2.45) is 0 Å². The Labute approximate surface area is 159 Å². The number of amides is 1. The van der Waals surface area contributed by atoms with Gasteiger partial charge in [-0.25, -0.2) is 4.98 Å². The average molecular weight is 386 g/mol. The van der Waals surface area contributed by atoms with Crippen molar-refractivity contribution in [2.45, 2.75) is 18.5 Å². The molecule has 3 aromatic rings. The van der Waals surface area contributed by atoms with Crippen LogP contribution in [0.1, 0.15) is 33.8 Å². The molecular formula is C20H17F3N4O. The summed E-state index contributed by atoms with van der Waals surface area (Å²) in [6, 6.07) is 12.3. The number of benzene rings is 2. The number of carbonyl (C=O) groups excluding carboxylic acids is 1. The van der Waals surface area contributed by atoms with Gasteiger partial charge >= 0.3 is 6.18 Å². The average Bonchev–Trinajstić information content (AvgIpc) is 3.39. The number of hydrogen-bond acceptors (Lipinski definition) is 3. The maximum atomic E-state index is 12.7. The largest absolute Gasteiger partial charge is 0.416 e. The first-order valence-electron chi connectivity index (χ1n) is 8.84. The summed E-state index contributed by atoms with van der Waals surface area (Å²) in [4.78, 5) is 18.6. The first kappa shape index (κ1) is 18.2. The van der Waals surface area contributed by atoms with Crippen LogP contribution in [0.25, 0.3) is 11.4 Å². The van der Waals surface area contributed by atoms with Crippen LogP contribution in [-0.4, -0.2) is 39.1 Å². The molecule has 0 saturated carbocycles. The molecule has 2 heterocycles. The molecular weight excluding hydrogens is 369 g/mol. The number of nitrogens with one attached hydrogen (secondary N) is 1. The Kier molecular flexibility index (Phi) is 4.62. The Hall–Kier alpha value is -3.16. The Morgan fingerprint density at radius 2 is 1.79 bits per heavy atom. The number of aromatic nitrogens is 3. The lowest BCUT2D eigenvalue weighted by molar-refractivity contribution is -0.137. The normalized spacial score (nSPS) is 17.1. The first-order chi connectivity index (χ1) is 13.4. The monoisotopic (exact) mass is 386 g/mol. The number of likely N-dealkylation sites (tertiary alicyclic amines) is 1. The molecule has 1 amide bonds. The van der Waals surface area contributed by atoms with Crippen molar-refractivity contribution in [3.05, 3.63) is 71.5 Å². The fourth-order valence-electron chi connectivity index (χ4n) is 3.46. The summed E-state index contributed by atoms with van der Waals surface area (Å²) in [5.74, 6) is 0.584. The van der Waals surface area contributed by atoms with E-state index in [1.165, 1.54) is 18.5 Å². The lowest BCUT2D eigenvalue weighted by Gasteiger charge is -2.17. The SMILES string of the molecule is O=C(c1ccc(-c2ncn[nH]2)cc1)N1CCC(c2ccc(C(F)(F)F)cc2)C1. The maximum absolute atomic E-state index is 12.7. The number of rotatable bonds is 3. The van der Waals surface area contributed by atoms with Crippen LogP contribution < -0.4 is 0 Å². The lowest BCUT2D eigenvalue weighted by Crippen LogP contribution is -2.28. The molecule has 0 spiro atoms. The van der Waals surface area contributed by atoms with Crippen LogP contribution in [0.5, 0.6) is 0 Å².